The molecule has 2 aliphatic heterocycles. The number of carbonyl (C=O) groups is 1. The van der Waals surface area contributed by atoms with E-state index in [1.54, 1.807) is 6.08 Å². The number of hydrogen-bond donors (Lipinski definition) is 1. The molecule has 3 rings (SSSR count). The molecule has 1 N–H and O–H groups in total. The fourth-order valence-electron chi connectivity index (χ4n) is 3.30. The van der Waals surface area contributed by atoms with E-state index >= 15 is 0 Å². The molecule has 0 atom stereocenters. The van der Waals surface area contributed by atoms with E-state index in [9.17, 15) is 4.79 Å². The van der Waals surface area contributed by atoms with Gasteiger partial charge in [-0.15, -0.1) is 0 Å². The van der Waals surface area contributed by atoms with E-state index in [-0.39, 0.29) is 5.91 Å². The van der Waals surface area contributed by atoms with Crippen LogP contribution in [-0.4, -0.2) is 63.8 Å². The zero-order valence-corrected chi connectivity index (χ0v) is 14.5. The van der Waals surface area contributed by atoms with Gasteiger partial charge in [-0.05, 0) is 42.2 Å². The van der Waals surface area contributed by atoms with Crippen LogP contribution < -0.4 is 10.2 Å². The van der Waals surface area contributed by atoms with Crippen LogP contribution >= 0.6 is 0 Å². The lowest BCUT2D eigenvalue weighted by atomic mass is 9.99. The lowest BCUT2D eigenvalue weighted by Crippen LogP contribution is -2.41. The number of nitrogens with zero attached hydrogens (tertiary/aromatic N) is 2. The Morgan fingerprint density at radius 1 is 1.29 bits per heavy atom. The molecule has 1 aromatic carbocycles. The van der Waals surface area contributed by atoms with Crippen LogP contribution in [0.15, 0.2) is 24.3 Å². The molecule has 5 heteroatoms. The molecule has 0 unspecified atom stereocenters. The Morgan fingerprint density at radius 2 is 2.12 bits per heavy atom. The molecule has 1 fully saturated rings. The number of amides is 1. The molecule has 0 spiro atoms. The monoisotopic (exact) mass is 329 g/mol. The molecular weight excluding hydrogens is 302 g/mol. The van der Waals surface area contributed by atoms with Crippen LogP contribution in [0.2, 0.25) is 0 Å². The summed E-state index contributed by atoms with van der Waals surface area (Å²) in [4.78, 5) is 16.6. The number of aryl methyl sites for hydroxylation is 1. The third-order valence-corrected chi connectivity index (χ3v) is 4.71. The van der Waals surface area contributed by atoms with Gasteiger partial charge in [-0.25, -0.2) is 0 Å². The highest BCUT2D eigenvalue weighted by atomic mass is 16.5. The molecule has 0 aromatic heterocycles. The van der Waals surface area contributed by atoms with Crippen molar-refractivity contribution in [3.8, 4) is 0 Å². The molecular formula is C19H27N3O2. The highest BCUT2D eigenvalue weighted by Gasteiger charge is 2.13. The molecule has 5 nitrogen and oxygen atoms in total. The summed E-state index contributed by atoms with van der Waals surface area (Å²) >= 11 is 0. The Morgan fingerprint density at radius 3 is 2.96 bits per heavy atom. The summed E-state index contributed by atoms with van der Waals surface area (Å²) in [6, 6.07) is 6.44. The molecule has 0 bridgehead atoms. The number of fused-ring (bicyclic) bond motifs is 1. The van der Waals surface area contributed by atoms with Crippen LogP contribution in [0.25, 0.3) is 6.08 Å². The number of anilines is 1. The van der Waals surface area contributed by atoms with Crippen molar-refractivity contribution in [3.63, 3.8) is 0 Å². The first-order valence-electron chi connectivity index (χ1n) is 8.82. The summed E-state index contributed by atoms with van der Waals surface area (Å²) in [5.41, 5.74) is 3.78. The Hall–Kier alpha value is -1.85. The van der Waals surface area contributed by atoms with Crippen molar-refractivity contribution >= 4 is 17.7 Å². The molecule has 0 saturated carbocycles. The fourth-order valence-corrected chi connectivity index (χ4v) is 3.30. The second-order valence-electron chi connectivity index (χ2n) is 6.49. The third kappa shape index (κ3) is 4.58. The van der Waals surface area contributed by atoms with Gasteiger partial charge in [-0.3, -0.25) is 9.69 Å². The summed E-state index contributed by atoms with van der Waals surface area (Å²) in [5.74, 6) is -0.0295. The van der Waals surface area contributed by atoms with Crippen molar-refractivity contribution in [2.75, 3.05) is 57.9 Å². The van der Waals surface area contributed by atoms with Gasteiger partial charge in [0.05, 0.1) is 13.2 Å². The van der Waals surface area contributed by atoms with E-state index < -0.39 is 0 Å². The van der Waals surface area contributed by atoms with Crippen molar-refractivity contribution in [1.82, 2.24) is 10.2 Å². The van der Waals surface area contributed by atoms with Gasteiger partial charge in [-0.2, -0.15) is 0 Å². The molecule has 1 amide bonds. The number of carbonyl (C=O) groups excluding carboxylic acids is 1. The quantitative estimate of drug-likeness (QED) is 0.832. The minimum Gasteiger partial charge on any atom is -0.379 e. The smallest absolute Gasteiger partial charge is 0.244 e. The molecule has 1 saturated heterocycles. The number of ether oxygens (including phenoxy) is 1. The molecule has 1 aromatic rings. The van der Waals surface area contributed by atoms with E-state index in [1.807, 2.05) is 6.08 Å². The summed E-state index contributed by atoms with van der Waals surface area (Å²) in [7, 11) is 2.13. The molecule has 130 valence electrons. The van der Waals surface area contributed by atoms with Crippen LogP contribution in [0.1, 0.15) is 17.5 Å². The molecule has 2 heterocycles. The van der Waals surface area contributed by atoms with E-state index in [4.69, 9.17) is 4.74 Å². The van der Waals surface area contributed by atoms with E-state index in [1.165, 1.54) is 17.7 Å². The first-order valence-corrected chi connectivity index (χ1v) is 8.82. The standard InChI is InChI=1S/C19H27N3O2/c1-21-9-2-3-17-15-16(4-6-18(17)21)5-7-19(23)20-8-10-22-11-13-24-14-12-22/h4-7,15H,2-3,8-14H2,1H3,(H,20,23)/b7-5-. The second-order valence-corrected chi connectivity index (χ2v) is 6.49. The fraction of sp³-hybridized carbons (Fsp3) is 0.526. The third-order valence-electron chi connectivity index (χ3n) is 4.71. The van der Waals surface area contributed by atoms with Crippen LogP contribution in [0, 0.1) is 0 Å². The van der Waals surface area contributed by atoms with Gasteiger partial charge in [-0.1, -0.05) is 6.07 Å². The Labute approximate surface area is 144 Å². The van der Waals surface area contributed by atoms with Crippen LogP contribution in [0.5, 0.6) is 0 Å². The molecule has 0 aliphatic carbocycles. The SMILES string of the molecule is CN1CCCc2cc(/C=C\C(=O)NCCN3CCOCC3)ccc21. The first kappa shape index (κ1) is 17.0. The first-order chi connectivity index (χ1) is 11.7. The maximum absolute atomic E-state index is 11.9. The largest absolute Gasteiger partial charge is 0.379 e. The Kier molecular flexibility index (Phi) is 5.88. The number of hydrogen-bond acceptors (Lipinski definition) is 4. The van der Waals surface area contributed by atoms with Crippen molar-refractivity contribution in [1.29, 1.82) is 0 Å². The normalized spacial score (nSPS) is 18.6. The minimum absolute atomic E-state index is 0.0295. The average Bonchev–Trinajstić information content (AvgIpc) is 2.61. The number of nitrogens with one attached hydrogen (secondary N) is 1. The predicted molar refractivity (Wildman–Crippen MR) is 97.3 cm³/mol. The summed E-state index contributed by atoms with van der Waals surface area (Å²) < 4.78 is 5.32. The zero-order chi connectivity index (χ0) is 16.8. The topological polar surface area (TPSA) is 44.8 Å². The van der Waals surface area contributed by atoms with Crippen molar-refractivity contribution < 1.29 is 9.53 Å². The van der Waals surface area contributed by atoms with Crippen LogP contribution in [-0.2, 0) is 16.0 Å². The molecule has 2 aliphatic rings. The number of morpholine rings is 1. The number of benzene rings is 1. The van der Waals surface area contributed by atoms with Gasteiger partial charge in [0, 0.05) is 51.5 Å². The Bertz CT molecular complexity index is 594. The maximum atomic E-state index is 11.9. The summed E-state index contributed by atoms with van der Waals surface area (Å²) in [5, 5.41) is 2.95. The molecule has 0 radical (unpaired) electrons. The molecule has 24 heavy (non-hydrogen) atoms. The van der Waals surface area contributed by atoms with Gasteiger partial charge in [0.15, 0.2) is 0 Å². The minimum atomic E-state index is -0.0295. The second kappa shape index (κ2) is 8.31. The number of rotatable bonds is 5. The predicted octanol–water partition coefficient (Wildman–Crippen LogP) is 1.53. The van der Waals surface area contributed by atoms with E-state index in [0.29, 0.717) is 6.54 Å². The van der Waals surface area contributed by atoms with Gasteiger partial charge in [0.2, 0.25) is 5.91 Å². The van der Waals surface area contributed by atoms with E-state index in [2.05, 4.69) is 40.4 Å². The van der Waals surface area contributed by atoms with Crippen LogP contribution in [0.4, 0.5) is 5.69 Å². The average molecular weight is 329 g/mol. The van der Waals surface area contributed by atoms with Crippen molar-refractivity contribution in [3.05, 3.63) is 35.4 Å². The highest BCUT2D eigenvalue weighted by Crippen LogP contribution is 2.27. The van der Waals surface area contributed by atoms with Gasteiger partial charge < -0.3 is 15.0 Å². The van der Waals surface area contributed by atoms with Gasteiger partial charge in [0.1, 0.15) is 0 Å². The maximum Gasteiger partial charge on any atom is 0.244 e. The Balaban J connectivity index is 1.47. The highest BCUT2D eigenvalue weighted by molar-refractivity contribution is 5.91. The van der Waals surface area contributed by atoms with Crippen molar-refractivity contribution in [2.24, 2.45) is 0 Å². The van der Waals surface area contributed by atoms with Crippen molar-refractivity contribution in [2.45, 2.75) is 12.8 Å². The van der Waals surface area contributed by atoms with Gasteiger partial charge in [0.25, 0.3) is 0 Å². The lowest BCUT2D eigenvalue weighted by molar-refractivity contribution is -0.116. The summed E-state index contributed by atoms with van der Waals surface area (Å²) in [6.07, 6.45) is 5.85. The van der Waals surface area contributed by atoms with Crippen LogP contribution in [0.3, 0.4) is 0 Å². The van der Waals surface area contributed by atoms with Gasteiger partial charge >= 0.3 is 0 Å². The lowest BCUT2D eigenvalue weighted by Gasteiger charge is -2.27. The zero-order valence-electron chi connectivity index (χ0n) is 14.5. The van der Waals surface area contributed by atoms with E-state index in [0.717, 1.165) is 51.4 Å². The summed E-state index contributed by atoms with van der Waals surface area (Å²) in [6.45, 7) is 6.17.